The van der Waals surface area contributed by atoms with Crippen LogP contribution in [-0.4, -0.2) is 23.3 Å². The lowest BCUT2D eigenvalue weighted by molar-refractivity contribution is -0.0506. The van der Waals surface area contributed by atoms with Crippen LogP contribution in [0, 0.1) is 0 Å². The standard InChI is InChI=1S/C16H11F2NO3/c17-16(18)22-13-8-4-1-5-10(13)9-19-14(20)11-6-2-3-7-12(11)15(19)21/h1-8,16H,9H2. The van der Waals surface area contributed by atoms with Gasteiger partial charge in [-0.05, 0) is 18.2 Å². The fraction of sp³-hybridized carbons (Fsp3) is 0.125. The van der Waals surface area contributed by atoms with E-state index in [0.29, 0.717) is 16.7 Å². The first kappa shape index (κ1) is 14.2. The second kappa shape index (κ2) is 5.55. The molecule has 0 saturated heterocycles. The van der Waals surface area contributed by atoms with Crippen LogP contribution in [0.1, 0.15) is 26.3 Å². The van der Waals surface area contributed by atoms with Crippen LogP contribution in [0.25, 0.3) is 0 Å². The van der Waals surface area contributed by atoms with Crippen LogP contribution in [0.2, 0.25) is 0 Å². The van der Waals surface area contributed by atoms with Gasteiger partial charge in [-0.2, -0.15) is 8.78 Å². The number of halogens is 2. The van der Waals surface area contributed by atoms with E-state index in [1.54, 1.807) is 42.5 Å². The highest BCUT2D eigenvalue weighted by Gasteiger charge is 2.35. The van der Waals surface area contributed by atoms with Crippen molar-refractivity contribution in [1.29, 1.82) is 0 Å². The summed E-state index contributed by atoms with van der Waals surface area (Å²) in [6.07, 6.45) is 0. The Balaban J connectivity index is 1.89. The second-order valence-electron chi connectivity index (χ2n) is 4.73. The van der Waals surface area contributed by atoms with Crippen molar-refractivity contribution in [1.82, 2.24) is 4.90 Å². The molecular formula is C16H11F2NO3. The van der Waals surface area contributed by atoms with Gasteiger partial charge in [-0.1, -0.05) is 30.3 Å². The molecule has 0 atom stereocenters. The van der Waals surface area contributed by atoms with E-state index in [2.05, 4.69) is 4.74 Å². The summed E-state index contributed by atoms with van der Waals surface area (Å²) < 4.78 is 29.2. The van der Waals surface area contributed by atoms with Gasteiger partial charge in [-0.3, -0.25) is 14.5 Å². The van der Waals surface area contributed by atoms with E-state index in [-0.39, 0.29) is 12.3 Å². The van der Waals surface area contributed by atoms with Crippen molar-refractivity contribution in [2.45, 2.75) is 13.2 Å². The third-order valence-corrected chi connectivity index (χ3v) is 3.40. The number of hydrogen-bond acceptors (Lipinski definition) is 3. The number of para-hydroxylation sites is 1. The summed E-state index contributed by atoms with van der Waals surface area (Å²) in [6.45, 7) is -3.08. The Labute approximate surface area is 124 Å². The van der Waals surface area contributed by atoms with Crippen LogP contribution in [0.5, 0.6) is 5.75 Å². The normalized spacial score (nSPS) is 13.7. The lowest BCUT2D eigenvalue weighted by Gasteiger charge is -2.16. The zero-order valence-electron chi connectivity index (χ0n) is 11.3. The molecule has 112 valence electrons. The van der Waals surface area contributed by atoms with Gasteiger partial charge in [-0.15, -0.1) is 0 Å². The van der Waals surface area contributed by atoms with Gasteiger partial charge in [0.05, 0.1) is 17.7 Å². The maximum Gasteiger partial charge on any atom is 0.387 e. The topological polar surface area (TPSA) is 46.6 Å². The molecule has 0 saturated carbocycles. The number of ether oxygens (including phenoxy) is 1. The van der Waals surface area contributed by atoms with Crippen LogP contribution < -0.4 is 4.74 Å². The summed E-state index contributed by atoms with van der Waals surface area (Å²) in [5.41, 5.74) is 0.983. The molecule has 6 heteroatoms. The van der Waals surface area contributed by atoms with Crippen molar-refractivity contribution in [3.8, 4) is 5.75 Å². The van der Waals surface area contributed by atoms with Crippen LogP contribution in [-0.2, 0) is 6.54 Å². The third-order valence-electron chi connectivity index (χ3n) is 3.40. The predicted molar refractivity (Wildman–Crippen MR) is 73.7 cm³/mol. The molecule has 0 aliphatic carbocycles. The number of carbonyl (C=O) groups is 2. The highest BCUT2D eigenvalue weighted by Crippen LogP contribution is 2.27. The number of carbonyl (C=O) groups excluding carboxylic acids is 2. The number of nitrogens with zero attached hydrogens (tertiary/aromatic N) is 1. The van der Waals surface area contributed by atoms with Crippen molar-refractivity contribution >= 4 is 11.8 Å². The Bertz CT molecular complexity index is 711. The molecule has 0 aromatic heterocycles. The van der Waals surface area contributed by atoms with E-state index >= 15 is 0 Å². The fourth-order valence-corrected chi connectivity index (χ4v) is 2.40. The Morgan fingerprint density at radius 1 is 0.909 bits per heavy atom. The van der Waals surface area contributed by atoms with Crippen molar-refractivity contribution in [3.05, 3.63) is 65.2 Å². The number of benzene rings is 2. The Hall–Kier alpha value is -2.76. The van der Waals surface area contributed by atoms with Crippen LogP contribution in [0.3, 0.4) is 0 Å². The van der Waals surface area contributed by atoms with Gasteiger partial charge in [0.15, 0.2) is 0 Å². The van der Waals surface area contributed by atoms with E-state index in [0.717, 1.165) is 4.90 Å². The first-order valence-corrected chi connectivity index (χ1v) is 6.56. The Morgan fingerprint density at radius 2 is 1.45 bits per heavy atom. The molecule has 1 aliphatic heterocycles. The first-order valence-electron chi connectivity index (χ1n) is 6.56. The molecule has 1 aliphatic rings. The lowest BCUT2D eigenvalue weighted by atomic mass is 10.1. The number of fused-ring (bicyclic) bond motifs is 1. The van der Waals surface area contributed by atoms with Gasteiger partial charge in [0, 0.05) is 5.56 Å². The van der Waals surface area contributed by atoms with E-state index in [4.69, 9.17) is 0 Å². The maximum atomic E-state index is 12.4. The van der Waals surface area contributed by atoms with Crippen LogP contribution in [0.4, 0.5) is 8.78 Å². The fourth-order valence-electron chi connectivity index (χ4n) is 2.40. The second-order valence-corrected chi connectivity index (χ2v) is 4.73. The van der Waals surface area contributed by atoms with Gasteiger partial charge in [-0.25, -0.2) is 0 Å². The molecule has 22 heavy (non-hydrogen) atoms. The van der Waals surface area contributed by atoms with E-state index in [1.807, 2.05) is 0 Å². The van der Waals surface area contributed by atoms with E-state index < -0.39 is 18.4 Å². The summed E-state index contributed by atoms with van der Waals surface area (Å²) in [4.78, 5) is 25.5. The van der Waals surface area contributed by atoms with Crippen molar-refractivity contribution in [2.24, 2.45) is 0 Å². The zero-order chi connectivity index (χ0) is 15.7. The summed E-state index contributed by atoms with van der Waals surface area (Å²) in [5, 5.41) is 0. The molecule has 0 fully saturated rings. The first-order chi connectivity index (χ1) is 10.6. The average Bonchev–Trinajstić information content (AvgIpc) is 2.74. The minimum Gasteiger partial charge on any atom is -0.434 e. The lowest BCUT2D eigenvalue weighted by Crippen LogP contribution is -2.29. The molecule has 0 N–H and O–H groups in total. The number of imide groups is 1. The van der Waals surface area contributed by atoms with Gasteiger partial charge < -0.3 is 4.74 Å². The highest BCUT2D eigenvalue weighted by molar-refractivity contribution is 6.21. The quantitative estimate of drug-likeness (QED) is 0.815. The number of hydrogen-bond donors (Lipinski definition) is 0. The molecule has 0 unspecified atom stereocenters. The Morgan fingerprint density at radius 3 is 2.05 bits per heavy atom. The summed E-state index contributed by atoms with van der Waals surface area (Å²) in [5.74, 6) is -0.922. The van der Waals surface area contributed by atoms with Crippen LogP contribution >= 0.6 is 0 Å². The summed E-state index contributed by atoms with van der Waals surface area (Å²) in [6, 6.07) is 12.6. The molecule has 2 amide bonds. The number of alkyl halides is 2. The predicted octanol–water partition coefficient (Wildman–Crippen LogP) is 3.08. The molecule has 2 aromatic carbocycles. The summed E-state index contributed by atoms with van der Waals surface area (Å²) >= 11 is 0. The molecule has 2 aromatic rings. The minimum absolute atomic E-state index is 0.0472. The SMILES string of the molecule is O=C1c2ccccc2C(=O)N1Cc1ccccc1OC(F)F. The zero-order valence-corrected chi connectivity index (χ0v) is 11.3. The molecule has 1 heterocycles. The molecule has 0 bridgehead atoms. The molecule has 0 radical (unpaired) electrons. The maximum absolute atomic E-state index is 12.4. The molecule has 4 nitrogen and oxygen atoms in total. The largest absolute Gasteiger partial charge is 0.434 e. The summed E-state index contributed by atoms with van der Waals surface area (Å²) in [7, 11) is 0. The van der Waals surface area contributed by atoms with E-state index in [1.165, 1.54) is 6.07 Å². The minimum atomic E-state index is -2.97. The van der Waals surface area contributed by atoms with Gasteiger partial charge in [0.1, 0.15) is 5.75 Å². The number of amides is 2. The van der Waals surface area contributed by atoms with Gasteiger partial charge in [0.25, 0.3) is 11.8 Å². The van der Waals surface area contributed by atoms with Gasteiger partial charge >= 0.3 is 6.61 Å². The van der Waals surface area contributed by atoms with Crippen molar-refractivity contribution in [3.63, 3.8) is 0 Å². The van der Waals surface area contributed by atoms with Crippen LogP contribution in [0.15, 0.2) is 48.5 Å². The van der Waals surface area contributed by atoms with Crippen molar-refractivity contribution in [2.75, 3.05) is 0 Å². The smallest absolute Gasteiger partial charge is 0.387 e. The monoisotopic (exact) mass is 303 g/mol. The van der Waals surface area contributed by atoms with Crippen molar-refractivity contribution < 1.29 is 23.1 Å². The number of rotatable bonds is 4. The molecule has 3 rings (SSSR count). The molecule has 0 spiro atoms. The Kier molecular flexibility index (Phi) is 3.58. The van der Waals surface area contributed by atoms with E-state index in [9.17, 15) is 18.4 Å². The third kappa shape index (κ3) is 2.43. The average molecular weight is 303 g/mol. The highest BCUT2D eigenvalue weighted by atomic mass is 19.3. The van der Waals surface area contributed by atoms with Gasteiger partial charge in [0.2, 0.25) is 0 Å². The molecular weight excluding hydrogens is 292 g/mol.